The van der Waals surface area contributed by atoms with Crippen molar-refractivity contribution in [2.24, 2.45) is 23.5 Å². The van der Waals surface area contributed by atoms with Gasteiger partial charge in [0, 0.05) is 19.4 Å². The molecule has 4 N–H and O–H groups in total. The van der Waals surface area contributed by atoms with E-state index in [4.69, 9.17) is 10.8 Å². The Hall–Kier alpha value is -1.10. The lowest BCUT2D eigenvalue weighted by molar-refractivity contribution is -0.138. The Morgan fingerprint density at radius 1 is 1.26 bits per heavy atom. The molecule has 0 bridgehead atoms. The number of carbonyl (C=O) groups excluding carboxylic acids is 1. The summed E-state index contributed by atoms with van der Waals surface area (Å²) in [6.07, 6.45) is 2.15. The van der Waals surface area contributed by atoms with Crippen molar-refractivity contribution in [2.45, 2.75) is 46.5 Å². The predicted octanol–water partition coefficient (Wildman–Crippen LogP) is 1.61. The summed E-state index contributed by atoms with van der Waals surface area (Å²) in [4.78, 5) is 22.4. The van der Waals surface area contributed by atoms with Crippen LogP contribution in [0.25, 0.3) is 0 Å². The maximum Gasteiger partial charge on any atom is 0.303 e. The number of carboxylic acids is 1. The van der Waals surface area contributed by atoms with Crippen LogP contribution in [0, 0.1) is 17.8 Å². The molecular formula is C14H28N2O3. The summed E-state index contributed by atoms with van der Waals surface area (Å²) in [5.74, 6) is -0.0424. The first-order chi connectivity index (χ1) is 8.85. The van der Waals surface area contributed by atoms with Crippen LogP contribution in [-0.4, -0.2) is 30.1 Å². The SMILES string of the molecule is CC(C)CC(CNC(=O)CCC(C)CN)CC(=O)O. The van der Waals surface area contributed by atoms with Gasteiger partial charge in [-0.2, -0.15) is 0 Å². The van der Waals surface area contributed by atoms with Crippen LogP contribution in [-0.2, 0) is 9.59 Å². The lowest BCUT2D eigenvalue weighted by Gasteiger charge is -2.18. The molecule has 0 aromatic heterocycles. The average molecular weight is 272 g/mol. The predicted molar refractivity (Wildman–Crippen MR) is 75.7 cm³/mol. The molecule has 2 atom stereocenters. The Bertz CT molecular complexity index is 280. The maximum absolute atomic E-state index is 11.6. The summed E-state index contributed by atoms with van der Waals surface area (Å²) in [7, 11) is 0. The van der Waals surface area contributed by atoms with E-state index in [-0.39, 0.29) is 18.2 Å². The summed E-state index contributed by atoms with van der Waals surface area (Å²) in [6, 6.07) is 0. The van der Waals surface area contributed by atoms with Crippen molar-refractivity contribution in [3.63, 3.8) is 0 Å². The largest absolute Gasteiger partial charge is 0.481 e. The van der Waals surface area contributed by atoms with Gasteiger partial charge < -0.3 is 16.2 Å². The van der Waals surface area contributed by atoms with Gasteiger partial charge in [0.05, 0.1) is 0 Å². The van der Waals surface area contributed by atoms with E-state index in [9.17, 15) is 9.59 Å². The highest BCUT2D eigenvalue weighted by molar-refractivity contribution is 5.76. The Labute approximate surface area is 115 Å². The van der Waals surface area contributed by atoms with Gasteiger partial charge in [-0.15, -0.1) is 0 Å². The van der Waals surface area contributed by atoms with Gasteiger partial charge in [-0.1, -0.05) is 20.8 Å². The van der Waals surface area contributed by atoms with Gasteiger partial charge in [0.1, 0.15) is 0 Å². The highest BCUT2D eigenvalue weighted by Crippen LogP contribution is 2.15. The van der Waals surface area contributed by atoms with Crippen LogP contribution in [0.15, 0.2) is 0 Å². The fourth-order valence-electron chi connectivity index (χ4n) is 1.99. The molecule has 2 unspecified atom stereocenters. The third-order valence-electron chi connectivity index (χ3n) is 3.12. The van der Waals surface area contributed by atoms with E-state index in [0.717, 1.165) is 12.8 Å². The zero-order valence-electron chi connectivity index (χ0n) is 12.3. The quantitative estimate of drug-likeness (QED) is 0.563. The number of hydrogen-bond acceptors (Lipinski definition) is 3. The van der Waals surface area contributed by atoms with Gasteiger partial charge in [-0.05, 0) is 37.1 Å². The molecule has 0 fully saturated rings. The molecule has 0 rings (SSSR count). The second-order valence-electron chi connectivity index (χ2n) is 5.78. The van der Waals surface area contributed by atoms with Gasteiger partial charge >= 0.3 is 5.97 Å². The topological polar surface area (TPSA) is 92.4 Å². The number of carbonyl (C=O) groups is 2. The van der Waals surface area contributed by atoms with Crippen LogP contribution in [0.2, 0.25) is 0 Å². The van der Waals surface area contributed by atoms with E-state index in [0.29, 0.717) is 31.3 Å². The summed E-state index contributed by atoms with van der Waals surface area (Å²) in [6.45, 7) is 7.15. The second kappa shape index (κ2) is 9.78. The first-order valence-corrected chi connectivity index (χ1v) is 7.03. The number of carboxylic acid groups (broad SMARTS) is 1. The minimum absolute atomic E-state index is 0.00776. The summed E-state index contributed by atoms with van der Waals surface area (Å²) < 4.78 is 0. The Balaban J connectivity index is 4.01. The second-order valence-corrected chi connectivity index (χ2v) is 5.78. The monoisotopic (exact) mass is 272 g/mol. The number of nitrogens with one attached hydrogen (secondary N) is 1. The van der Waals surface area contributed by atoms with Crippen molar-refractivity contribution in [3.05, 3.63) is 0 Å². The molecule has 19 heavy (non-hydrogen) atoms. The molecule has 5 nitrogen and oxygen atoms in total. The third-order valence-corrected chi connectivity index (χ3v) is 3.12. The van der Waals surface area contributed by atoms with Gasteiger partial charge in [-0.3, -0.25) is 9.59 Å². The van der Waals surface area contributed by atoms with Crippen LogP contribution >= 0.6 is 0 Å². The summed E-state index contributed by atoms with van der Waals surface area (Å²) in [5, 5.41) is 11.7. The zero-order valence-corrected chi connectivity index (χ0v) is 12.3. The molecule has 0 saturated heterocycles. The van der Waals surface area contributed by atoms with Crippen LogP contribution in [0.4, 0.5) is 0 Å². The first kappa shape index (κ1) is 17.9. The van der Waals surface area contributed by atoms with Crippen molar-refractivity contribution < 1.29 is 14.7 Å². The number of hydrogen-bond donors (Lipinski definition) is 3. The molecule has 0 saturated carbocycles. The molecule has 1 amide bonds. The normalized spacial score (nSPS) is 14.2. The van der Waals surface area contributed by atoms with Gasteiger partial charge in [0.25, 0.3) is 0 Å². The van der Waals surface area contributed by atoms with Gasteiger partial charge in [0.2, 0.25) is 5.91 Å². The van der Waals surface area contributed by atoms with Crippen LogP contribution < -0.4 is 11.1 Å². The van der Waals surface area contributed by atoms with Crippen LogP contribution in [0.5, 0.6) is 0 Å². The van der Waals surface area contributed by atoms with E-state index in [2.05, 4.69) is 19.2 Å². The standard InChI is InChI=1S/C14H28N2O3/c1-10(2)6-12(7-14(18)19)9-16-13(17)5-4-11(3)8-15/h10-12H,4-9,15H2,1-3H3,(H,16,17)(H,18,19). The van der Waals surface area contributed by atoms with Crippen LogP contribution in [0.1, 0.15) is 46.5 Å². The third kappa shape index (κ3) is 10.5. The molecule has 0 aromatic rings. The molecule has 0 heterocycles. The van der Waals surface area contributed by atoms with Crippen molar-refractivity contribution in [2.75, 3.05) is 13.1 Å². The van der Waals surface area contributed by atoms with Crippen molar-refractivity contribution in [1.82, 2.24) is 5.32 Å². The molecule has 0 radical (unpaired) electrons. The molecule has 0 spiro atoms. The Morgan fingerprint density at radius 3 is 2.37 bits per heavy atom. The van der Waals surface area contributed by atoms with E-state index in [1.54, 1.807) is 0 Å². The van der Waals surface area contributed by atoms with Crippen molar-refractivity contribution in [3.8, 4) is 0 Å². The minimum atomic E-state index is -0.809. The highest BCUT2D eigenvalue weighted by Gasteiger charge is 2.16. The minimum Gasteiger partial charge on any atom is -0.481 e. The summed E-state index contributed by atoms with van der Waals surface area (Å²) in [5.41, 5.74) is 5.49. The molecule has 5 heteroatoms. The smallest absolute Gasteiger partial charge is 0.303 e. The molecule has 0 aliphatic rings. The van der Waals surface area contributed by atoms with E-state index in [1.165, 1.54) is 0 Å². The molecule has 0 aromatic carbocycles. The average Bonchev–Trinajstić information content (AvgIpc) is 2.31. The number of nitrogens with two attached hydrogens (primary N) is 1. The fourth-order valence-corrected chi connectivity index (χ4v) is 1.99. The van der Waals surface area contributed by atoms with Gasteiger partial charge in [-0.25, -0.2) is 0 Å². The number of rotatable bonds is 10. The summed E-state index contributed by atoms with van der Waals surface area (Å²) >= 11 is 0. The first-order valence-electron chi connectivity index (χ1n) is 7.03. The molecular weight excluding hydrogens is 244 g/mol. The van der Waals surface area contributed by atoms with Crippen LogP contribution in [0.3, 0.4) is 0 Å². The van der Waals surface area contributed by atoms with E-state index >= 15 is 0 Å². The van der Waals surface area contributed by atoms with E-state index in [1.807, 2.05) is 6.92 Å². The highest BCUT2D eigenvalue weighted by atomic mass is 16.4. The zero-order chi connectivity index (χ0) is 14.8. The molecule has 0 aliphatic heterocycles. The van der Waals surface area contributed by atoms with Crippen molar-refractivity contribution >= 4 is 11.9 Å². The van der Waals surface area contributed by atoms with Crippen molar-refractivity contribution in [1.29, 1.82) is 0 Å². The van der Waals surface area contributed by atoms with E-state index < -0.39 is 5.97 Å². The maximum atomic E-state index is 11.6. The molecule has 0 aliphatic carbocycles. The Kier molecular flexibility index (Phi) is 9.21. The lowest BCUT2D eigenvalue weighted by atomic mass is 9.94. The Morgan fingerprint density at radius 2 is 1.89 bits per heavy atom. The molecule has 112 valence electrons. The number of aliphatic carboxylic acids is 1. The fraction of sp³-hybridized carbons (Fsp3) is 0.857. The number of amides is 1. The van der Waals surface area contributed by atoms with Gasteiger partial charge in [0.15, 0.2) is 0 Å². The lowest BCUT2D eigenvalue weighted by Crippen LogP contribution is -2.31.